The van der Waals surface area contributed by atoms with Gasteiger partial charge in [-0.25, -0.2) is 0 Å². The minimum Gasteiger partial charge on any atom is -0.462 e. The number of ether oxygens (including phenoxy) is 2. The van der Waals surface area contributed by atoms with Crippen molar-refractivity contribution < 1.29 is 24.2 Å². The van der Waals surface area contributed by atoms with Crippen molar-refractivity contribution in [1.82, 2.24) is 0 Å². The van der Waals surface area contributed by atoms with E-state index in [0.29, 0.717) is 12.8 Å². The van der Waals surface area contributed by atoms with Gasteiger partial charge in [0.15, 0.2) is 6.10 Å². The van der Waals surface area contributed by atoms with Crippen LogP contribution in [0.5, 0.6) is 0 Å². The summed E-state index contributed by atoms with van der Waals surface area (Å²) in [5, 5.41) is 9.51. The summed E-state index contributed by atoms with van der Waals surface area (Å²) in [5.41, 5.74) is 0. The van der Waals surface area contributed by atoms with E-state index in [4.69, 9.17) is 9.47 Å². The molecule has 0 unspecified atom stereocenters. The number of esters is 2. The van der Waals surface area contributed by atoms with Gasteiger partial charge in [-0.3, -0.25) is 9.59 Å². The minimum absolute atomic E-state index is 0.0585. The monoisotopic (exact) mass is 583 g/mol. The number of hydrogen-bond acceptors (Lipinski definition) is 5. The van der Waals surface area contributed by atoms with E-state index in [1.54, 1.807) is 0 Å². The third kappa shape index (κ3) is 31.7. The lowest BCUT2D eigenvalue weighted by Gasteiger charge is -2.15. The number of aliphatic hydroxyl groups is 1. The van der Waals surface area contributed by atoms with Gasteiger partial charge in [0.1, 0.15) is 6.61 Å². The zero-order chi connectivity index (χ0) is 30.2. The van der Waals surface area contributed by atoms with Crippen LogP contribution in [0.3, 0.4) is 0 Å². The zero-order valence-corrected chi connectivity index (χ0v) is 27.7. The maximum absolute atomic E-state index is 12.1. The Labute approximate surface area is 255 Å². The Balaban J connectivity index is 3.52. The normalized spacial score (nSPS) is 12.1. The van der Waals surface area contributed by atoms with E-state index in [9.17, 15) is 14.7 Å². The lowest BCUT2D eigenvalue weighted by Crippen LogP contribution is -2.28. The topological polar surface area (TPSA) is 72.8 Å². The zero-order valence-electron chi connectivity index (χ0n) is 27.7. The van der Waals surface area contributed by atoms with Crippen LogP contribution in [0.25, 0.3) is 0 Å². The molecule has 1 atom stereocenters. The Hall–Kier alpha value is -1.10. The molecule has 0 saturated carbocycles. The smallest absolute Gasteiger partial charge is 0.306 e. The van der Waals surface area contributed by atoms with E-state index in [0.717, 1.165) is 38.0 Å². The van der Waals surface area contributed by atoms with Gasteiger partial charge in [0, 0.05) is 12.8 Å². The summed E-state index contributed by atoms with van der Waals surface area (Å²) in [6, 6.07) is 0. The van der Waals surface area contributed by atoms with E-state index < -0.39 is 6.10 Å². The Kier molecular flexibility index (Phi) is 31.0. The molecule has 41 heavy (non-hydrogen) atoms. The van der Waals surface area contributed by atoms with Crippen LogP contribution in [0, 0.1) is 5.92 Å². The van der Waals surface area contributed by atoms with E-state index in [1.165, 1.54) is 128 Å². The quantitative estimate of drug-likeness (QED) is 0.0631. The molecule has 0 heterocycles. The third-order valence-corrected chi connectivity index (χ3v) is 8.08. The van der Waals surface area contributed by atoms with Gasteiger partial charge in [-0.1, -0.05) is 168 Å². The van der Waals surface area contributed by atoms with Crippen molar-refractivity contribution >= 4 is 11.9 Å². The molecule has 0 aliphatic heterocycles. The number of rotatable bonds is 32. The maximum atomic E-state index is 12.1. The van der Waals surface area contributed by atoms with Gasteiger partial charge in [-0.2, -0.15) is 0 Å². The maximum Gasteiger partial charge on any atom is 0.306 e. The van der Waals surface area contributed by atoms with Crippen molar-refractivity contribution in [2.45, 2.75) is 200 Å². The summed E-state index contributed by atoms with van der Waals surface area (Å²) < 4.78 is 10.6. The molecule has 0 radical (unpaired) electrons. The molecule has 0 amide bonds. The van der Waals surface area contributed by atoms with Gasteiger partial charge >= 0.3 is 11.9 Å². The predicted molar refractivity (Wildman–Crippen MR) is 173 cm³/mol. The average Bonchev–Trinajstić information content (AvgIpc) is 2.95. The summed E-state index contributed by atoms with van der Waals surface area (Å²) in [7, 11) is 0. The fourth-order valence-corrected chi connectivity index (χ4v) is 5.33. The first-order valence-electron chi connectivity index (χ1n) is 18.0. The van der Waals surface area contributed by atoms with Crippen LogP contribution in [0.1, 0.15) is 194 Å². The molecular weight excluding hydrogens is 512 g/mol. The third-order valence-electron chi connectivity index (χ3n) is 8.08. The van der Waals surface area contributed by atoms with Crippen molar-refractivity contribution in [3.05, 3.63) is 0 Å². The second kappa shape index (κ2) is 31.8. The van der Waals surface area contributed by atoms with Gasteiger partial charge in [-0.15, -0.1) is 0 Å². The molecule has 0 aromatic rings. The highest BCUT2D eigenvalue weighted by atomic mass is 16.6. The molecular formula is C36H70O5. The first-order chi connectivity index (χ1) is 20.0. The highest BCUT2D eigenvalue weighted by Crippen LogP contribution is 2.15. The SMILES string of the molecule is CCCCCCCCCCCCCCCCCC(=O)OC[C@H](CO)OC(=O)CCCCCCCCCCCC(C)C. The molecule has 0 saturated heterocycles. The molecule has 0 aromatic heterocycles. The van der Waals surface area contributed by atoms with Crippen molar-refractivity contribution in [1.29, 1.82) is 0 Å². The summed E-state index contributed by atoms with van der Waals surface area (Å²) in [5.74, 6) is 0.236. The minimum atomic E-state index is -0.761. The van der Waals surface area contributed by atoms with Crippen molar-refractivity contribution in [2.24, 2.45) is 5.92 Å². The molecule has 0 rings (SSSR count). The number of hydrogen-bond donors (Lipinski definition) is 1. The second-order valence-electron chi connectivity index (χ2n) is 12.8. The molecule has 244 valence electrons. The second-order valence-corrected chi connectivity index (χ2v) is 12.8. The predicted octanol–water partition coefficient (Wildman–Crippen LogP) is 10.6. The molecule has 0 spiro atoms. The number of carbonyl (C=O) groups is 2. The van der Waals surface area contributed by atoms with Crippen molar-refractivity contribution in [3.8, 4) is 0 Å². The molecule has 1 N–H and O–H groups in total. The fraction of sp³-hybridized carbons (Fsp3) is 0.944. The van der Waals surface area contributed by atoms with Crippen LogP contribution in [0.2, 0.25) is 0 Å². The summed E-state index contributed by atoms with van der Waals surface area (Å²) in [6.45, 7) is 6.46. The highest BCUT2D eigenvalue weighted by Gasteiger charge is 2.16. The standard InChI is InChI=1S/C36H70O5/c1-4-5-6-7-8-9-10-11-12-13-14-17-20-23-26-29-35(38)40-32-34(31-37)41-36(39)30-27-24-21-18-15-16-19-22-25-28-33(2)3/h33-34,37H,4-32H2,1-3H3/t34-/m0/s1. The molecule has 0 fully saturated rings. The Morgan fingerprint density at radius 1 is 0.537 bits per heavy atom. The van der Waals surface area contributed by atoms with Crippen LogP contribution in [0.4, 0.5) is 0 Å². The van der Waals surface area contributed by atoms with Crippen molar-refractivity contribution in [3.63, 3.8) is 0 Å². The van der Waals surface area contributed by atoms with Gasteiger partial charge < -0.3 is 14.6 Å². The van der Waals surface area contributed by atoms with Crippen LogP contribution >= 0.6 is 0 Å². The molecule has 5 nitrogen and oxygen atoms in total. The highest BCUT2D eigenvalue weighted by molar-refractivity contribution is 5.70. The Morgan fingerprint density at radius 2 is 0.902 bits per heavy atom. The van der Waals surface area contributed by atoms with Crippen LogP contribution in [-0.2, 0) is 19.1 Å². The summed E-state index contributed by atoms with van der Waals surface area (Å²) in [4.78, 5) is 24.1. The van der Waals surface area contributed by atoms with E-state index in [1.807, 2.05) is 0 Å². The van der Waals surface area contributed by atoms with Gasteiger partial charge in [0.05, 0.1) is 6.61 Å². The van der Waals surface area contributed by atoms with Gasteiger partial charge in [0.25, 0.3) is 0 Å². The van der Waals surface area contributed by atoms with Crippen LogP contribution in [-0.4, -0.2) is 36.4 Å². The van der Waals surface area contributed by atoms with Crippen LogP contribution < -0.4 is 0 Å². The Morgan fingerprint density at radius 3 is 1.29 bits per heavy atom. The average molecular weight is 583 g/mol. The fourth-order valence-electron chi connectivity index (χ4n) is 5.33. The van der Waals surface area contributed by atoms with Gasteiger partial charge in [-0.05, 0) is 18.8 Å². The van der Waals surface area contributed by atoms with Gasteiger partial charge in [0.2, 0.25) is 0 Å². The number of aliphatic hydroxyl groups excluding tert-OH is 1. The van der Waals surface area contributed by atoms with Crippen molar-refractivity contribution in [2.75, 3.05) is 13.2 Å². The number of unbranched alkanes of at least 4 members (excludes halogenated alkanes) is 22. The largest absolute Gasteiger partial charge is 0.462 e. The van der Waals surface area contributed by atoms with E-state index in [-0.39, 0.29) is 25.2 Å². The van der Waals surface area contributed by atoms with E-state index >= 15 is 0 Å². The number of carbonyl (C=O) groups excluding carboxylic acids is 2. The molecule has 0 aliphatic rings. The first kappa shape index (κ1) is 39.9. The first-order valence-corrected chi connectivity index (χ1v) is 18.0. The molecule has 0 aromatic carbocycles. The Bertz CT molecular complexity index is 562. The van der Waals surface area contributed by atoms with Crippen LogP contribution in [0.15, 0.2) is 0 Å². The van der Waals surface area contributed by atoms with E-state index in [2.05, 4.69) is 20.8 Å². The molecule has 0 aliphatic carbocycles. The lowest BCUT2D eigenvalue weighted by molar-refractivity contribution is -0.161. The lowest BCUT2D eigenvalue weighted by atomic mass is 10.0. The summed E-state index contributed by atoms with van der Waals surface area (Å²) in [6.07, 6.45) is 31.6. The molecule has 0 bridgehead atoms. The molecule has 5 heteroatoms. The summed E-state index contributed by atoms with van der Waals surface area (Å²) >= 11 is 0.